The van der Waals surface area contributed by atoms with Crippen molar-refractivity contribution in [2.45, 2.75) is 44.7 Å². The van der Waals surface area contributed by atoms with E-state index < -0.39 is 23.6 Å². The van der Waals surface area contributed by atoms with E-state index >= 15 is 0 Å². The van der Waals surface area contributed by atoms with Crippen LogP contribution < -0.4 is 11.0 Å². The molecule has 1 aromatic heterocycles. The van der Waals surface area contributed by atoms with Crippen molar-refractivity contribution >= 4 is 11.9 Å². The predicted octanol–water partition coefficient (Wildman–Crippen LogP) is 0.393. The number of nitrogens with zero attached hydrogens (tertiary/aromatic N) is 2. The van der Waals surface area contributed by atoms with Crippen molar-refractivity contribution in [3.05, 3.63) is 28.9 Å². The largest absolute Gasteiger partial charge is 0.480 e. The molecular formula is C14H19N3O4. The van der Waals surface area contributed by atoms with Gasteiger partial charge in [0.2, 0.25) is 5.91 Å². The Kier molecular flexibility index (Phi) is 5.08. The van der Waals surface area contributed by atoms with Gasteiger partial charge in [0.05, 0.1) is 0 Å². The highest BCUT2D eigenvalue weighted by Crippen LogP contribution is 2.26. The van der Waals surface area contributed by atoms with Crippen LogP contribution in [0.2, 0.25) is 0 Å². The van der Waals surface area contributed by atoms with E-state index in [0.29, 0.717) is 0 Å². The van der Waals surface area contributed by atoms with Crippen LogP contribution in [0.4, 0.5) is 0 Å². The van der Waals surface area contributed by atoms with E-state index in [2.05, 4.69) is 10.3 Å². The van der Waals surface area contributed by atoms with Crippen LogP contribution in [0.3, 0.4) is 0 Å². The first-order valence-electron chi connectivity index (χ1n) is 7.11. The maximum atomic E-state index is 12.0. The number of hydrogen-bond acceptors (Lipinski definition) is 4. The molecule has 1 aliphatic carbocycles. The molecule has 1 unspecified atom stereocenters. The maximum Gasteiger partial charge on any atom is 0.347 e. The number of nitrogens with one attached hydrogen (secondary N) is 1. The number of rotatable bonds is 5. The average Bonchev–Trinajstić information content (AvgIpc) is 2.48. The quantitative estimate of drug-likeness (QED) is 0.818. The topological polar surface area (TPSA) is 101 Å². The fourth-order valence-electron chi connectivity index (χ4n) is 2.73. The molecule has 7 nitrogen and oxygen atoms in total. The van der Waals surface area contributed by atoms with Gasteiger partial charge in [-0.05, 0) is 24.8 Å². The van der Waals surface area contributed by atoms with Gasteiger partial charge in [-0.15, -0.1) is 0 Å². The lowest BCUT2D eigenvalue weighted by molar-refractivity contribution is -0.144. The Morgan fingerprint density at radius 3 is 2.71 bits per heavy atom. The van der Waals surface area contributed by atoms with Crippen LogP contribution in [0.1, 0.15) is 32.1 Å². The molecule has 0 radical (unpaired) electrons. The summed E-state index contributed by atoms with van der Waals surface area (Å²) < 4.78 is 1.15. The second-order valence-electron chi connectivity index (χ2n) is 5.31. The van der Waals surface area contributed by atoms with Gasteiger partial charge < -0.3 is 10.4 Å². The highest BCUT2D eigenvalue weighted by atomic mass is 16.4. The average molecular weight is 293 g/mol. The van der Waals surface area contributed by atoms with Crippen LogP contribution in [0, 0.1) is 5.92 Å². The van der Waals surface area contributed by atoms with Gasteiger partial charge in [-0.2, -0.15) is 0 Å². The lowest BCUT2D eigenvalue weighted by Crippen LogP contribution is -2.48. The Morgan fingerprint density at radius 1 is 1.38 bits per heavy atom. The van der Waals surface area contributed by atoms with Crippen molar-refractivity contribution in [2.24, 2.45) is 5.92 Å². The monoisotopic (exact) mass is 293 g/mol. The molecule has 1 amide bonds. The predicted molar refractivity (Wildman–Crippen MR) is 74.6 cm³/mol. The van der Waals surface area contributed by atoms with Gasteiger partial charge >= 0.3 is 11.7 Å². The lowest BCUT2D eigenvalue weighted by atomic mass is 9.84. The summed E-state index contributed by atoms with van der Waals surface area (Å²) in [6, 6.07) is 0.662. The van der Waals surface area contributed by atoms with Crippen molar-refractivity contribution in [3.63, 3.8) is 0 Å². The summed E-state index contributed by atoms with van der Waals surface area (Å²) in [4.78, 5) is 38.3. The van der Waals surface area contributed by atoms with E-state index in [4.69, 9.17) is 0 Å². The Morgan fingerprint density at radius 2 is 2.10 bits per heavy atom. The molecule has 21 heavy (non-hydrogen) atoms. The third kappa shape index (κ3) is 4.14. The molecule has 1 atom stereocenters. The summed E-state index contributed by atoms with van der Waals surface area (Å²) in [7, 11) is 0. The summed E-state index contributed by atoms with van der Waals surface area (Å²) >= 11 is 0. The number of carboxylic acid groups (broad SMARTS) is 1. The van der Waals surface area contributed by atoms with Crippen LogP contribution in [-0.2, 0) is 16.1 Å². The Hall–Kier alpha value is -2.18. The number of carbonyl (C=O) groups excluding carboxylic acids is 1. The van der Waals surface area contributed by atoms with Gasteiger partial charge in [-0.25, -0.2) is 14.6 Å². The molecular weight excluding hydrogens is 274 g/mol. The van der Waals surface area contributed by atoms with E-state index in [1.165, 1.54) is 12.4 Å². The molecule has 0 saturated heterocycles. The van der Waals surface area contributed by atoms with Crippen molar-refractivity contribution < 1.29 is 14.7 Å². The number of carbonyl (C=O) groups is 2. The number of hydrogen-bond donors (Lipinski definition) is 2. The van der Waals surface area contributed by atoms with Crippen molar-refractivity contribution in [3.8, 4) is 0 Å². The van der Waals surface area contributed by atoms with Gasteiger partial charge in [0.1, 0.15) is 12.6 Å². The standard InChI is InChI=1S/C14H19N3O4/c18-11(9-17-8-4-7-15-14(17)21)16-12(13(19)20)10-5-2-1-3-6-10/h4,7-8,10,12H,1-3,5-6,9H2,(H,16,18)(H,19,20). The first-order valence-corrected chi connectivity index (χ1v) is 7.11. The van der Waals surface area contributed by atoms with E-state index in [1.807, 2.05) is 0 Å². The lowest BCUT2D eigenvalue weighted by Gasteiger charge is -2.28. The molecule has 1 aromatic rings. The van der Waals surface area contributed by atoms with Crippen LogP contribution >= 0.6 is 0 Å². The second-order valence-corrected chi connectivity index (χ2v) is 5.31. The summed E-state index contributed by atoms with van der Waals surface area (Å²) in [5, 5.41) is 11.8. The molecule has 2 rings (SSSR count). The van der Waals surface area contributed by atoms with Gasteiger partial charge in [0, 0.05) is 12.4 Å². The number of aliphatic carboxylic acids is 1. The molecule has 0 aliphatic heterocycles. The van der Waals surface area contributed by atoms with E-state index in [9.17, 15) is 19.5 Å². The molecule has 7 heteroatoms. The zero-order valence-electron chi connectivity index (χ0n) is 11.7. The fraction of sp³-hybridized carbons (Fsp3) is 0.571. The Labute approximate surface area is 122 Å². The molecule has 1 heterocycles. The van der Waals surface area contributed by atoms with Crippen molar-refractivity contribution in [2.75, 3.05) is 0 Å². The summed E-state index contributed by atoms with van der Waals surface area (Å²) in [5.74, 6) is -1.54. The summed E-state index contributed by atoms with van der Waals surface area (Å²) in [5.41, 5.74) is -0.530. The maximum absolute atomic E-state index is 12.0. The van der Waals surface area contributed by atoms with Gasteiger partial charge in [0.15, 0.2) is 0 Å². The summed E-state index contributed by atoms with van der Waals surface area (Å²) in [6.07, 6.45) is 7.51. The van der Waals surface area contributed by atoms with E-state index in [0.717, 1.165) is 36.7 Å². The van der Waals surface area contributed by atoms with Gasteiger partial charge in [0.25, 0.3) is 0 Å². The SMILES string of the molecule is O=C(Cn1cccnc1=O)NC(C(=O)O)C1CCCCC1. The summed E-state index contributed by atoms with van der Waals surface area (Å²) in [6.45, 7) is -0.219. The molecule has 0 spiro atoms. The Balaban J connectivity index is 2.00. The zero-order valence-corrected chi connectivity index (χ0v) is 11.7. The first-order chi connectivity index (χ1) is 10.1. The molecule has 0 aromatic carbocycles. The molecule has 2 N–H and O–H groups in total. The van der Waals surface area contributed by atoms with Gasteiger partial charge in [-0.3, -0.25) is 9.36 Å². The highest BCUT2D eigenvalue weighted by Gasteiger charge is 2.30. The second kappa shape index (κ2) is 7.01. The Bertz CT molecular complexity index is 563. The van der Waals surface area contributed by atoms with Crippen molar-refractivity contribution in [1.82, 2.24) is 14.9 Å². The third-order valence-electron chi connectivity index (χ3n) is 3.80. The van der Waals surface area contributed by atoms with Gasteiger partial charge in [-0.1, -0.05) is 19.3 Å². The van der Waals surface area contributed by atoms with Crippen LogP contribution in [0.25, 0.3) is 0 Å². The first kappa shape index (κ1) is 15.2. The minimum absolute atomic E-state index is 0.0363. The van der Waals surface area contributed by atoms with Crippen LogP contribution in [0.15, 0.2) is 23.3 Å². The third-order valence-corrected chi connectivity index (χ3v) is 3.80. The smallest absolute Gasteiger partial charge is 0.347 e. The van der Waals surface area contributed by atoms with E-state index in [1.54, 1.807) is 6.07 Å². The molecule has 1 aliphatic rings. The van der Waals surface area contributed by atoms with Crippen LogP contribution in [0.5, 0.6) is 0 Å². The normalized spacial score (nSPS) is 17.1. The minimum Gasteiger partial charge on any atom is -0.480 e. The zero-order chi connectivity index (χ0) is 15.2. The fourth-order valence-corrected chi connectivity index (χ4v) is 2.73. The highest BCUT2D eigenvalue weighted by molar-refractivity contribution is 5.83. The number of carboxylic acids is 1. The number of aromatic nitrogens is 2. The molecule has 1 fully saturated rings. The molecule has 1 saturated carbocycles. The molecule has 114 valence electrons. The van der Waals surface area contributed by atoms with Crippen LogP contribution in [-0.4, -0.2) is 32.6 Å². The van der Waals surface area contributed by atoms with E-state index in [-0.39, 0.29) is 12.5 Å². The number of amides is 1. The van der Waals surface area contributed by atoms with Crippen molar-refractivity contribution in [1.29, 1.82) is 0 Å². The minimum atomic E-state index is -1.02. The molecule has 0 bridgehead atoms.